The molecule has 3 aromatic carbocycles. The molecule has 0 fully saturated rings. The van der Waals surface area contributed by atoms with Gasteiger partial charge in [0.1, 0.15) is 23.9 Å². The SMILES string of the molecule is O=S(=O)(O)[C@@H](CC=C[C@@H](O)c1ccc(O)cc1)CCc1ccc(OCc2ccccc2O)cc1. The Bertz CT molecular complexity index is 1190. The summed E-state index contributed by atoms with van der Waals surface area (Å²) in [5, 5.41) is 28.3. The summed E-state index contributed by atoms with van der Waals surface area (Å²) in [6, 6.07) is 20.2. The Labute approximate surface area is 199 Å². The van der Waals surface area contributed by atoms with Gasteiger partial charge in [-0.2, -0.15) is 8.42 Å². The van der Waals surface area contributed by atoms with Gasteiger partial charge in [0.05, 0.1) is 11.4 Å². The molecule has 0 aliphatic heterocycles. The van der Waals surface area contributed by atoms with E-state index in [1.807, 2.05) is 18.2 Å². The van der Waals surface area contributed by atoms with Crippen LogP contribution in [0, 0.1) is 0 Å². The highest BCUT2D eigenvalue weighted by Gasteiger charge is 2.21. The van der Waals surface area contributed by atoms with Crippen molar-refractivity contribution in [3.63, 3.8) is 0 Å². The maximum atomic E-state index is 11.8. The second kappa shape index (κ2) is 11.7. The number of allylic oxidation sites excluding steroid dienone is 1. The molecule has 0 radical (unpaired) electrons. The van der Waals surface area contributed by atoms with Gasteiger partial charge in [-0.1, -0.05) is 54.6 Å². The predicted octanol–water partition coefficient (Wildman–Crippen LogP) is 4.55. The van der Waals surface area contributed by atoms with Crippen molar-refractivity contribution >= 4 is 10.1 Å². The fourth-order valence-corrected chi connectivity index (χ4v) is 4.17. The molecule has 8 heteroatoms. The van der Waals surface area contributed by atoms with E-state index in [1.165, 1.54) is 24.3 Å². The molecule has 4 N–H and O–H groups in total. The normalized spacial score (nSPS) is 13.6. The Morgan fingerprint density at radius 2 is 1.59 bits per heavy atom. The van der Waals surface area contributed by atoms with Crippen molar-refractivity contribution in [1.82, 2.24) is 0 Å². The minimum atomic E-state index is -4.27. The molecule has 0 saturated carbocycles. The number of rotatable bonds is 11. The van der Waals surface area contributed by atoms with Crippen LogP contribution in [0.5, 0.6) is 17.2 Å². The van der Waals surface area contributed by atoms with Crippen LogP contribution < -0.4 is 4.74 Å². The largest absolute Gasteiger partial charge is 0.508 e. The van der Waals surface area contributed by atoms with E-state index in [-0.39, 0.29) is 30.9 Å². The second-order valence-electron chi connectivity index (χ2n) is 7.94. The number of phenols is 2. The number of benzene rings is 3. The smallest absolute Gasteiger partial charge is 0.268 e. The highest BCUT2D eigenvalue weighted by molar-refractivity contribution is 7.86. The van der Waals surface area contributed by atoms with Gasteiger partial charge in [0, 0.05) is 5.56 Å². The van der Waals surface area contributed by atoms with Crippen molar-refractivity contribution in [2.24, 2.45) is 0 Å². The quantitative estimate of drug-likeness (QED) is 0.233. The Morgan fingerprint density at radius 3 is 2.24 bits per heavy atom. The summed E-state index contributed by atoms with van der Waals surface area (Å²) in [7, 11) is -4.27. The van der Waals surface area contributed by atoms with Gasteiger partial charge in [0.25, 0.3) is 10.1 Å². The van der Waals surface area contributed by atoms with Crippen LogP contribution in [-0.4, -0.2) is 33.5 Å². The van der Waals surface area contributed by atoms with Crippen LogP contribution in [0.25, 0.3) is 0 Å². The van der Waals surface area contributed by atoms with E-state index < -0.39 is 21.5 Å². The molecule has 0 aliphatic rings. The standard InChI is InChI=1S/C26H28O7S/c27-22-13-11-20(12-14-22)25(28)7-3-5-24(34(30,31)32)17-10-19-8-15-23(16-9-19)33-18-21-4-1-2-6-26(21)29/h1-4,6-9,11-16,24-25,27-29H,5,10,17-18H2,(H,30,31,32)/t24-,25+/m0/s1. The lowest BCUT2D eigenvalue weighted by atomic mass is 10.1. The molecule has 0 unspecified atom stereocenters. The van der Waals surface area contributed by atoms with Gasteiger partial charge in [-0.3, -0.25) is 4.55 Å². The van der Waals surface area contributed by atoms with Crippen molar-refractivity contribution < 1.29 is 33.0 Å². The molecule has 0 aromatic heterocycles. The molecule has 0 amide bonds. The molecule has 180 valence electrons. The molecule has 0 heterocycles. The van der Waals surface area contributed by atoms with Crippen molar-refractivity contribution in [3.05, 3.63) is 102 Å². The maximum absolute atomic E-state index is 11.8. The van der Waals surface area contributed by atoms with Crippen molar-refractivity contribution in [3.8, 4) is 17.2 Å². The van der Waals surface area contributed by atoms with Gasteiger partial charge in [-0.05, 0) is 60.7 Å². The zero-order chi connectivity index (χ0) is 24.6. The van der Waals surface area contributed by atoms with Gasteiger partial charge in [-0.15, -0.1) is 0 Å². The predicted molar refractivity (Wildman–Crippen MR) is 129 cm³/mol. The number of para-hydroxylation sites is 1. The average Bonchev–Trinajstić information content (AvgIpc) is 2.81. The Kier molecular flexibility index (Phi) is 8.70. The van der Waals surface area contributed by atoms with Crippen molar-refractivity contribution in [1.29, 1.82) is 0 Å². The van der Waals surface area contributed by atoms with Crippen LogP contribution in [0.1, 0.15) is 35.6 Å². The van der Waals surface area contributed by atoms with E-state index in [9.17, 15) is 28.3 Å². The highest BCUT2D eigenvalue weighted by atomic mass is 32.2. The number of aryl methyl sites for hydroxylation is 1. The molecule has 0 saturated heterocycles. The summed E-state index contributed by atoms with van der Waals surface area (Å²) in [6.07, 6.45) is 2.73. The number of aliphatic hydroxyl groups excluding tert-OH is 1. The lowest BCUT2D eigenvalue weighted by molar-refractivity contribution is 0.228. The Hall–Kier alpha value is -3.33. The Balaban J connectivity index is 1.53. The number of phenolic OH excluding ortho intramolecular Hbond substituents is 2. The van der Waals surface area contributed by atoms with Crippen molar-refractivity contribution in [2.75, 3.05) is 0 Å². The first-order valence-corrected chi connectivity index (χ1v) is 12.3. The van der Waals surface area contributed by atoms with E-state index in [0.29, 0.717) is 23.3 Å². The highest BCUT2D eigenvalue weighted by Crippen LogP contribution is 2.22. The summed E-state index contributed by atoms with van der Waals surface area (Å²) in [6.45, 7) is 0.221. The molecule has 0 aliphatic carbocycles. The molecule has 34 heavy (non-hydrogen) atoms. The van der Waals surface area contributed by atoms with E-state index in [2.05, 4.69) is 0 Å². The van der Waals surface area contributed by atoms with Gasteiger partial charge in [0.2, 0.25) is 0 Å². The first-order chi connectivity index (χ1) is 16.2. The number of aliphatic hydroxyl groups is 1. The third-order valence-corrected chi connectivity index (χ3v) is 6.71. The lowest BCUT2D eigenvalue weighted by Crippen LogP contribution is -2.20. The molecule has 3 aromatic rings. The topological polar surface area (TPSA) is 124 Å². The zero-order valence-corrected chi connectivity index (χ0v) is 19.3. The maximum Gasteiger partial charge on any atom is 0.268 e. The van der Waals surface area contributed by atoms with E-state index in [1.54, 1.807) is 42.5 Å². The van der Waals surface area contributed by atoms with Gasteiger partial charge < -0.3 is 20.1 Å². The van der Waals surface area contributed by atoms with Crippen molar-refractivity contribution in [2.45, 2.75) is 37.2 Å². The monoisotopic (exact) mass is 484 g/mol. The second-order valence-corrected chi connectivity index (χ2v) is 9.63. The molecule has 0 bridgehead atoms. The molecular weight excluding hydrogens is 456 g/mol. The number of ether oxygens (including phenoxy) is 1. The molecule has 0 spiro atoms. The summed E-state index contributed by atoms with van der Waals surface area (Å²) in [5.41, 5.74) is 2.12. The summed E-state index contributed by atoms with van der Waals surface area (Å²) in [5.74, 6) is 0.867. The Morgan fingerprint density at radius 1 is 0.912 bits per heavy atom. The minimum absolute atomic E-state index is 0.0513. The lowest BCUT2D eigenvalue weighted by Gasteiger charge is -2.13. The van der Waals surface area contributed by atoms with E-state index in [4.69, 9.17) is 4.74 Å². The number of aromatic hydroxyl groups is 2. The minimum Gasteiger partial charge on any atom is -0.508 e. The van der Waals surface area contributed by atoms with Crippen LogP contribution >= 0.6 is 0 Å². The first kappa shape index (κ1) is 25.3. The van der Waals surface area contributed by atoms with Gasteiger partial charge >= 0.3 is 0 Å². The van der Waals surface area contributed by atoms with Crippen LogP contribution in [-0.2, 0) is 23.1 Å². The van der Waals surface area contributed by atoms with Crippen LogP contribution in [0.3, 0.4) is 0 Å². The third-order valence-electron chi connectivity index (χ3n) is 5.44. The summed E-state index contributed by atoms with van der Waals surface area (Å²) < 4.78 is 39.0. The van der Waals surface area contributed by atoms with Crippen LogP contribution in [0.2, 0.25) is 0 Å². The third kappa shape index (κ3) is 7.62. The molecular formula is C26H28O7S. The summed E-state index contributed by atoms with van der Waals surface area (Å²) in [4.78, 5) is 0. The average molecular weight is 485 g/mol. The van der Waals surface area contributed by atoms with Crippen LogP contribution in [0.4, 0.5) is 0 Å². The van der Waals surface area contributed by atoms with Gasteiger partial charge in [0.15, 0.2) is 0 Å². The fourth-order valence-electron chi connectivity index (χ4n) is 3.40. The fraction of sp³-hybridized carbons (Fsp3) is 0.231. The summed E-state index contributed by atoms with van der Waals surface area (Å²) >= 11 is 0. The zero-order valence-electron chi connectivity index (χ0n) is 18.5. The van der Waals surface area contributed by atoms with E-state index >= 15 is 0 Å². The number of hydrogen-bond donors (Lipinski definition) is 4. The van der Waals surface area contributed by atoms with Crippen LogP contribution in [0.15, 0.2) is 84.9 Å². The number of hydrogen-bond acceptors (Lipinski definition) is 6. The van der Waals surface area contributed by atoms with E-state index in [0.717, 1.165) is 5.56 Å². The van der Waals surface area contributed by atoms with Gasteiger partial charge in [-0.25, -0.2) is 0 Å². The molecule has 7 nitrogen and oxygen atoms in total. The first-order valence-electron chi connectivity index (χ1n) is 10.8. The molecule has 3 rings (SSSR count). The molecule has 2 atom stereocenters.